The number of nitrogens with zero attached hydrogens (tertiary/aromatic N) is 1. The Morgan fingerprint density at radius 1 is 1.08 bits per heavy atom. The molecular weight excluding hydrogens is 178 g/mol. The van der Waals surface area contributed by atoms with Crippen LogP contribution in [0.25, 0.3) is 0 Å². The van der Waals surface area contributed by atoms with E-state index in [0.29, 0.717) is 0 Å². The Hall–Kier alpha value is -0.630. The third-order valence-electron chi connectivity index (χ3n) is 2.20. The molecular formula is C11H17NS. The molecule has 13 heavy (non-hydrogen) atoms. The van der Waals surface area contributed by atoms with Gasteiger partial charge < -0.3 is 4.90 Å². The lowest BCUT2D eigenvalue weighted by molar-refractivity contribution is 0.865. The summed E-state index contributed by atoms with van der Waals surface area (Å²) in [5.41, 5.74) is 1.32. The van der Waals surface area contributed by atoms with E-state index in [0.717, 1.165) is 13.1 Å². The van der Waals surface area contributed by atoms with E-state index < -0.39 is 0 Å². The maximum atomic E-state index is 2.35. The number of rotatable bonds is 4. The average Bonchev–Trinajstić information content (AvgIpc) is 2.21. The quantitative estimate of drug-likeness (QED) is 0.678. The minimum absolute atomic E-state index is 1.08. The van der Waals surface area contributed by atoms with Crippen molar-refractivity contribution in [2.75, 3.05) is 24.2 Å². The van der Waals surface area contributed by atoms with Crippen molar-refractivity contribution in [3.05, 3.63) is 24.3 Å². The predicted octanol–water partition coefficient (Wildman–Crippen LogP) is 3.25. The number of hydrogen-bond acceptors (Lipinski definition) is 2. The van der Waals surface area contributed by atoms with Crippen molar-refractivity contribution in [3.8, 4) is 0 Å². The Labute approximate surface area is 85.1 Å². The van der Waals surface area contributed by atoms with E-state index >= 15 is 0 Å². The van der Waals surface area contributed by atoms with Crippen LogP contribution in [0.2, 0.25) is 0 Å². The highest BCUT2D eigenvalue weighted by Gasteiger charge is 1.99. The lowest BCUT2D eigenvalue weighted by atomic mass is 10.3. The van der Waals surface area contributed by atoms with Gasteiger partial charge in [-0.3, -0.25) is 0 Å². The Bertz CT molecular complexity index is 239. The van der Waals surface area contributed by atoms with Gasteiger partial charge in [0.15, 0.2) is 0 Å². The van der Waals surface area contributed by atoms with Gasteiger partial charge in [0.25, 0.3) is 0 Å². The summed E-state index contributed by atoms with van der Waals surface area (Å²) in [5.74, 6) is 0. The van der Waals surface area contributed by atoms with E-state index in [1.807, 2.05) is 0 Å². The third kappa shape index (κ3) is 2.66. The molecule has 0 aliphatic carbocycles. The summed E-state index contributed by atoms with van der Waals surface area (Å²) in [4.78, 5) is 3.68. The molecule has 1 rings (SSSR count). The van der Waals surface area contributed by atoms with Gasteiger partial charge in [-0.1, -0.05) is 0 Å². The SMILES string of the molecule is CCN(CC)c1ccc(SC)cc1. The lowest BCUT2D eigenvalue weighted by Crippen LogP contribution is -2.21. The molecule has 0 saturated heterocycles. The summed E-state index contributed by atoms with van der Waals surface area (Å²) in [6.45, 7) is 6.53. The Morgan fingerprint density at radius 3 is 2.00 bits per heavy atom. The van der Waals surface area contributed by atoms with Crippen LogP contribution in [0.1, 0.15) is 13.8 Å². The van der Waals surface area contributed by atoms with Crippen LogP contribution < -0.4 is 4.90 Å². The Morgan fingerprint density at radius 2 is 1.62 bits per heavy atom. The second-order valence-electron chi connectivity index (χ2n) is 2.87. The monoisotopic (exact) mass is 195 g/mol. The van der Waals surface area contributed by atoms with Gasteiger partial charge in [-0.15, -0.1) is 11.8 Å². The van der Waals surface area contributed by atoms with Gasteiger partial charge in [0, 0.05) is 23.7 Å². The van der Waals surface area contributed by atoms with E-state index in [1.54, 1.807) is 11.8 Å². The van der Waals surface area contributed by atoms with E-state index in [1.165, 1.54) is 10.6 Å². The second-order valence-corrected chi connectivity index (χ2v) is 3.75. The predicted molar refractivity (Wildman–Crippen MR) is 61.8 cm³/mol. The van der Waals surface area contributed by atoms with Gasteiger partial charge in [0.05, 0.1) is 0 Å². The van der Waals surface area contributed by atoms with Crippen molar-refractivity contribution >= 4 is 17.4 Å². The minimum Gasteiger partial charge on any atom is -0.372 e. The van der Waals surface area contributed by atoms with Gasteiger partial charge >= 0.3 is 0 Å². The molecule has 0 atom stereocenters. The number of benzene rings is 1. The van der Waals surface area contributed by atoms with Gasteiger partial charge in [-0.05, 0) is 44.4 Å². The molecule has 2 heteroatoms. The highest BCUT2D eigenvalue weighted by atomic mass is 32.2. The van der Waals surface area contributed by atoms with Crippen LogP contribution in [0.5, 0.6) is 0 Å². The number of hydrogen-bond donors (Lipinski definition) is 0. The Balaban J connectivity index is 2.78. The van der Waals surface area contributed by atoms with Crippen molar-refractivity contribution in [1.82, 2.24) is 0 Å². The molecule has 72 valence electrons. The topological polar surface area (TPSA) is 3.24 Å². The first-order valence-corrected chi connectivity index (χ1v) is 5.93. The standard InChI is InChI=1S/C11H17NS/c1-4-12(5-2)10-6-8-11(13-3)9-7-10/h6-9H,4-5H2,1-3H3. The molecule has 0 aliphatic heterocycles. The molecule has 0 N–H and O–H groups in total. The van der Waals surface area contributed by atoms with Gasteiger partial charge in [-0.25, -0.2) is 0 Å². The van der Waals surface area contributed by atoms with Crippen LogP contribution in [0.3, 0.4) is 0 Å². The fourth-order valence-electron chi connectivity index (χ4n) is 1.38. The second kappa shape index (κ2) is 5.18. The first-order valence-electron chi connectivity index (χ1n) is 4.70. The molecule has 0 aliphatic rings. The van der Waals surface area contributed by atoms with Crippen molar-refractivity contribution < 1.29 is 0 Å². The van der Waals surface area contributed by atoms with Gasteiger partial charge in [0.2, 0.25) is 0 Å². The van der Waals surface area contributed by atoms with Gasteiger partial charge in [-0.2, -0.15) is 0 Å². The highest BCUT2D eigenvalue weighted by Crippen LogP contribution is 2.19. The molecule has 1 aromatic carbocycles. The molecule has 1 aromatic rings. The maximum absolute atomic E-state index is 2.35. The zero-order valence-electron chi connectivity index (χ0n) is 8.58. The van der Waals surface area contributed by atoms with Crippen LogP contribution in [-0.2, 0) is 0 Å². The smallest absolute Gasteiger partial charge is 0.0366 e. The van der Waals surface area contributed by atoms with Gasteiger partial charge in [0.1, 0.15) is 0 Å². The van der Waals surface area contributed by atoms with Crippen LogP contribution in [0, 0.1) is 0 Å². The molecule has 0 heterocycles. The van der Waals surface area contributed by atoms with Crippen LogP contribution in [0.15, 0.2) is 29.2 Å². The van der Waals surface area contributed by atoms with E-state index in [9.17, 15) is 0 Å². The minimum atomic E-state index is 1.08. The summed E-state index contributed by atoms with van der Waals surface area (Å²) < 4.78 is 0. The molecule has 0 aromatic heterocycles. The third-order valence-corrected chi connectivity index (χ3v) is 2.94. The van der Waals surface area contributed by atoms with Crippen molar-refractivity contribution in [3.63, 3.8) is 0 Å². The Kier molecular flexibility index (Phi) is 4.16. The average molecular weight is 195 g/mol. The zero-order valence-corrected chi connectivity index (χ0v) is 9.40. The number of thioether (sulfide) groups is 1. The van der Waals surface area contributed by atoms with Crippen molar-refractivity contribution in [1.29, 1.82) is 0 Å². The van der Waals surface area contributed by atoms with Crippen LogP contribution in [0.4, 0.5) is 5.69 Å². The van der Waals surface area contributed by atoms with Crippen molar-refractivity contribution in [2.24, 2.45) is 0 Å². The molecule has 0 fully saturated rings. The summed E-state index contributed by atoms with van der Waals surface area (Å²) in [5, 5.41) is 0. The molecule has 0 saturated carbocycles. The highest BCUT2D eigenvalue weighted by molar-refractivity contribution is 7.98. The summed E-state index contributed by atoms with van der Waals surface area (Å²) >= 11 is 1.79. The summed E-state index contributed by atoms with van der Waals surface area (Å²) in [6.07, 6.45) is 2.10. The first-order chi connectivity index (χ1) is 6.31. The molecule has 0 amide bonds. The maximum Gasteiger partial charge on any atom is 0.0366 e. The van der Waals surface area contributed by atoms with Crippen LogP contribution in [-0.4, -0.2) is 19.3 Å². The zero-order chi connectivity index (χ0) is 9.68. The van der Waals surface area contributed by atoms with Crippen LogP contribution >= 0.6 is 11.8 Å². The largest absolute Gasteiger partial charge is 0.372 e. The lowest BCUT2D eigenvalue weighted by Gasteiger charge is -2.20. The summed E-state index contributed by atoms with van der Waals surface area (Å²) in [7, 11) is 0. The fraction of sp³-hybridized carbons (Fsp3) is 0.455. The van der Waals surface area contributed by atoms with E-state index in [-0.39, 0.29) is 0 Å². The molecule has 0 unspecified atom stereocenters. The normalized spacial score (nSPS) is 10.1. The molecule has 0 spiro atoms. The first kappa shape index (κ1) is 10.5. The number of anilines is 1. The van der Waals surface area contributed by atoms with Crippen molar-refractivity contribution in [2.45, 2.75) is 18.7 Å². The van der Waals surface area contributed by atoms with E-state index in [4.69, 9.17) is 0 Å². The molecule has 0 radical (unpaired) electrons. The molecule has 0 bridgehead atoms. The fourth-order valence-corrected chi connectivity index (χ4v) is 1.79. The molecule has 1 nitrogen and oxygen atoms in total. The van der Waals surface area contributed by atoms with E-state index in [2.05, 4.69) is 49.3 Å². The summed E-state index contributed by atoms with van der Waals surface area (Å²) in [6, 6.07) is 8.74.